The second-order valence-electron chi connectivity index (χ2n) is 7.07. The predicted octanol–water partition coefficient (Wildman–Crippen LogP) is 3.21. The molecule has 0 radical (unpaired) electrons. The van der Waals surface area contributed by atoms with Crippen LogP contribution in [0.15, 0.2) is 53.1 Å². The Bertz CT molecular complexity index is 928. The maximum atomic E-state index is 12.7. The summed E-state index contributed by atoms with van der Waals surface area (Å²) < 4.78 is 10.9. The predicted molar refractivity (Wildman–Crippen MR) is 110 cm³/mol. The van der Waals surface area contributed by atoms with E-state index in [4.69, 9.17) is 9.15 Å². The molecule has 1 aliphatic heterocycles. The summed E-state index contributed by atoms with van der Waals surface area (Å²) in [5.41, 5.74) is 3.70. The van der Waals surface area contributed by atoms with Gasteiger partial charge in [-0.15, -0.1) is 11.3 Å². The van der Waals surface area contributed by atoms with Crippen molar-refractivity contribution < 1.29 is 18.8 Å². The third-order valence-corrected chi connectivity index (χ3v) is 6.51. The Morgan fingerprint density at radius 3 is 2.54 bits per heavy atom. The van der Waals surface area contributed by atoms with E-state index in [0.717, 1.165) is 31.3 Å². The zero-order valence-corrected chi connectivity index (χ0v) is 17.0. The van der Waals surface area contributed by atoms with Crippen LogP contribution in [0.25, 0.3) is 0 Å². The normalized spacial score (nSPS) is 16.1. The molecule has 0 spiro atoms. The lowest BCUT2D eigenvalue weighted by Crippen LogP contribution is -3.14. The highest BCUT2D eigenvalue weighted by Crippen LogP contribution is 2.38. The number of aryl methyl sites for hydroxylation is 1. The zero-order valence-electron chi connectivity index (χ0n) is 16.2. The van der Waals surface area contributed by atoms with Crippen LogP contribution in [-0.4, -0.2) is 32.2 Å². The SMILES string of the molecule is Cc1sc(NC(=O)c2ccco2)c([C@@H](c2ccccc2)[NH+]2CCOCC2)c1C. The van der Waals surface area contributed by atoms with Crippen LogP contribution < -0.4 is 10.2 Å². The highest BCUT2D eigenvalue weighted by atomic mass is 32.1. The molecule has 0 saturated carbocycles. The molecule has 1 amide bonds. The van der Waals surface area contributed by atoms with Crippen molar-refractivity contribution in [2.24, 2.45) is 0 Å². The minimum absolute atomic E-state index is 0.155. The molecule has 0 unspecified atom stereocenters. The largest absolute Gasteiger partial charge is 0.459 e. The van der Waals surface area contributed by atoms with Gasteiger partial charge in [-0.1, -0.05) is 30.3 Å². The number of hydrogen-bond donors (Lipinski definition) is 2. The van der Waals surface area contributed by atoms with Gasteiger partial charge in [-0.25, -0.2) is 0 Å². The van der Waals surface area contributed by atoms with Gasteiger partial charge in [0, 0.05) is 10.4 Å². The number of thiophene rings is 1. The van der Waals surface area contributed by atoms with Crippen molar-refractivity contribution >= 4 is 22.2 Å². The fraction of sp³-hybridized carbons (Fsp3) is 0.318. The quantitative estimate of drug-likeness (QED) is 0.695. The van der Waals surface area contributed by atoms with E-state index in [1.165, 1.54) is 32.7 Å². The number of carbonyl (C=O) groups excluding carboxylic acids is 1. The number of morpholine rings is 1. The molecule has 0 aliphatic carbocycles. The molecule has 28 heavy (non-hydrogen) atoms. The Hall–Kier alpha value is -2.41. The lowest BCUT2D eigenvalue weighted by atomic mass is 9.94. The Balaban J connectivity index is 1.76. The molecule has 6 heteroatoms. The van der Waals surface area contributed by atoms with Crippen molar-refractivity contribution in [3.8, 4) is 0 Å². The summed E-state index contributed by atoms with van der Waals surface area (Å²) in [5, 5.41) is 4.01. The van der Waals surface area contributed by atoms with Gasteiger partial charge in [-0.3, -0.25) is 4.79 Å². The Morgan fingerprint density at radius 2 is 1.86 bits per heavy atom. The van der Waals surface area contributed by atoms with Crippen LogP contribution in [0, 0.1) is 13.8 Å². The van der Waals surface area contributed by atoms with Crippen molar-refractivity contribution in [1.29, 1.82) is 0 Å². The minimum atomic E-state index is -0.212. The van der Waals surface area contributed by atoms with Gasteiger partial charge in [0.25, 0.3) is 5.91 Å². The summed E-state index contributed by atoms with van der Waals surface area (Å²) in [6, 6.07) is 14.1. The van der Waals surface area contributed by atoms with Crippen molar-refractivity contribution in [2.75, 3.05) is 31.6 Å². The number of carbonyl (C=O) groups is 1. The number of quaternary nitrogens is 1. The standard InChI is InChI=1S/C22H24N2O3S/c1-15-16(2)28-22(23-21(25)18-9-6-12-27-18)19(15)20(17-7-4-3-5-8-17)24-10-13-26-14-11-24/h3-9,12,20H,10-11,13-14H2,1-2H3,(H,23,25)/p+1/t20-/m1/s1. The van der Waals surface area contributed by atoms with Gasteiger partial charge in [-0.2, -0.15) is 0 Å². The van der Waals surface area contributed by atoms with Gasteiger partial charge < -0.3 is 19.4 Å². The van der Waals surface area contributed by atoms with Crippen molar-refractivity contribution in [3.05, 3.63) is 76.1 Å². The summed E-state index contributed by atoms with van der Waals surface area (Å²) in [7, 11) is 0. The topological polar surface area (TPSA) is 55.9 Å². The molecule has 1 aromatic carbocycles. The van der Waals surface area contributed by atoms with E-state index in [0.29, 0.717) is 5.76 Å². The summed E-state index contributed by atoms with van der Waals surface area (Å²) in [4.78, 5) is 15.3. The molecule has 1 atom stereocenters. The van der Waals surface area contributed by atoms with Crippen LogP contribution in [0.1, 0.15) is 38.2 Å². The van der Waals surface area contributed by atoms with Crippen molar-refractivity contribution in [3.63, 3.8) is 0 Å². The Labute approximate surface area is 168 Å². The molecule has 4 rings (SSSR count). The van der Waals surface area contributed by atoms with Crippen LogP contribution in [0.4, 0.5) is 5.00 Å². The van der Waals surface area contributed by atoms with E-state index in [9.17, 15) is 4.79 Å². The van der Waals surface area contributed by atoms with E-state index in [2.05, 4.69) is 43.4 Å². The van der Waals surface area contributed by atoms with E-state index < -0.39 is 0 Å². The molecular weight excluding hydrogens is 372 g/mol. The summed E-state index contributed by atoms with van der Waals surface area (Å²) in [6.45, 7) is 7.67. The Morgan fingerprint density at radius 1 is 1.11 bits per heavy atom. The van der Waals surface area contributed by atoms with Crippen LogP contribution in [0.2, 0.25) is 0 Å². The number of hydrogen-bond acceptors (Lipinski definition) is 4. The van der Waals surface area contributed by atoms with Gasteiger partial charge >= 0.3 is 0 Å². The van der Waals surface area contributed by atoms with Gasteiger partial charge in [0.2, 0.25) is 0 Å². The van der Waals surface area contributed by atoms with Crippen LogP contribution in [-0.2, 0) is 4.74 Å². The maximum absolute atomic E-state index is 12.7. The smallest absolute Gasteiger partial charge is 0.291 e. The first kappa shape index (κ1) is 18.9. The summed E-state index contributed by atoms with van der Waals surface area (Å²) in [5.74, 6) is 0.112. The van der Waals surface area contributed by atoms with Gasteiger partial charge in [0.1, 0.15) is 24.1 Å². The Kier molecular flexibility index (Phi) is 5.62. The molecule has 3 aromatic rings. The van der Waals surface area contributed by atoms with Crippen LogP contribution >= 0.6 is 11.3 Å². The molecule has 2 aromatic heterocycles. The minimum Gasteiger partial charge on any atom is -0.459 e. The first-order valence-corrected chi connectivity index (χ1v) is 10.4. The maximum Gasteiger partial charge on any atom is 0.291 e. The second kappa shape index (κ2) is 8.31. The molecule has 1 saturated heterocycles. The molecule has 5 nitrogen and oxygen atoms in total. The third kappa shape index (κ3) is 3.76. The van der Waals surface area contributed by atoms with Crippen molar-refractivity contribution in [1.82, 2.24) is 0 Å². The molecule has 2 N–H and O–H groups in total. The lowest BCUT2D eigenvalue weighted by molar-refractivity contribution is -0.933. The fourth-order valence-electron chi connectivity index (χ4n) is 3.83. The zero-order chi connectivity index (χ0) is 19.5. The molecule has 0 bridgehead atoms. The lowest BCUT2D eigenvalue weighted by Gasteiger charge is -2.32. The molecule has 3 heterocycles. The first-order valence-electron chi connectivity index (χ1n) is 9.57. The molecule has 146 valence electrons. The number of furan rings is 1. The molecular formula is C22H25N2O3S+. The highest BCUT2D eigenvalue weighted by Gasteiger charge is 2.33. The van der Waals surface area contributed by atoms with Gasteiger partial charge in [-0.05, 0) is 31.5 Å². The number of amides is 1. The van der Waals surface area contributed by atoms with E-state index in [1.54, 1.807) is 23.5 Å². The monoisotopic (exact) mass is 397 g/mol. The van der Waals surface area contributed by atoms with Gasteiger partial charge in [0.15, 0.2) is 5.76 Å². The summed E-state index contributed by atoms with van der Waals surface area (Å²) in [6.07, 6.45) is 1.52. The number of benzene rings is 1. The average molecular weight is 398 g/mol. The number of nitrogens with one attached hydrogen (secondary N) is 2. The van der Waals surface area contributed by atoms with Crippen molar-refractivity contribution in [2.45, 2.75) is 19.9 Å². The van der Waals surface area contributed by atoms with E-state index in [1.807, 2.05) is 6.07 Å². The third-order valence-electron chi connectivity index (χ3n) is 5.37. The van der Waals surface area contributed by atoms with E-state index in [-0.39, 0.29) is 11.9 Å². The molecule has 1 fully saturated rings. The first-order chi connectivity index (χ1) is 13.6. The summed E-state index contributed by atoms with van der Waals surface area (Å²) >= 11 is 1.64. The average Bonchev–Trinajstić information content (AvgIpc) is 3.35. The second-order valence-corrected chi connectivity index (χ2v) is 8.30. The van der Waals surface area contributed by atoms with Crippen LogP contribution in [0.5, 0.6) is 0 Å². The number of rotatable bonds is 5. The highest BCUT2D eigenvalue weighted by molar-refractivity contribution is 7.16. The van der Waals surface area contributed by atoms with Crippen LogP contribution in [0.3, 0.4) is 0 Å². The van der Waals surface area contributed by atoms with Gasteiger partial charge in [0.05, 0.1) is 25.0 Å². The fourth-order valence-corrected chi connectivity index (χ4v) is 4.93. The van der Waals surface area contributed by atoms with E-state index >= 15 is 0 Å². The molecule has 1 aliphatic rings. The number of anilines is 1. The number of ether oxygens (including phenoxy) is 1.